The smallest absolute Gasteiger partial charge is 0.329 e. The summed E-state index contributed by atoms with van der Waals surface area (Å²) in [7, 11) is 0. The molecule has 1 aliphatic rings. The monoisotopic (exact) mass is 252 g/mol. The molecule has 0 aliphatic heterocycles. The fraction of sp³-hybridized carbons (Fsp3) is 0.692. The third kappa shape index (κ3) is 3.66. The molecule has 1 saturated carbocycles. The van der Waals surface area contributed by atoms with Crippen molar-refractivity contribution in [2.24, 2.45) is 0 Å². The fourth-order valence-electron chi connectivity index (χ4n) is 2.25. The van der Waals surface area contributed by atoms with E-state index >= 15 is 0 Å². The fourth-order valence-corrected chi connectivity index (χ4v) is 2.25. The topological polar surface area (TPSA) is 78.4 Å². The Hall–Kier alpha value is -1.70. The zero-order valence-electron chi connectivity index (χ0n) is 10.7. The van der Waals surface area contributed by atoms with Crippen LogP contribution in [0.25, 0.3) is 0 Å². The van der Waals surface area contributed by atoms with Crippen LogP contribution in [0.2, 0.25) is 0 Å². The van der Waals surface area contributed by atoms with Crippen molar-refractivity contribution in [3.63, 3.8) is 0 Å². The number of carboxylic acids is 1. The molecule has 0 aromatic heterocycles. The molecule has 1 atom stereocenters. The minimum atomic E-state index is -1.11. The Balaban J connectivity index is 2.59. The van der Waals surface area contributed by atoms with Crippen LogP contribution in [-0.2, 0) is 4.79 Å². The van der Waals surface area contributed by atoms with Gasteiger partial charge in [-0.1, -0.05) is 19.3 Å². The van der Waals surface area contributed by atoms with E-state index in [-0.39, 0.29) is 6.04 Å². The molecule has 0 bridgehead atoms. The van der Waals surface area contributed by atoms with Crippen LogP contribution in [0, 0.1) is 12.3 Å². The van der Waals surface area contributed by atoms with Crippen molar-refractivity contribution in [2.45, 2.75) is 57.0 Å². The number of carboxylic acid groups (broad SMARTS) is 1. The predicted molar refractivity (Wildman–Crippen MR) is 68.0 cm³/mol. The lowest BCUT2D eigenvalue weighted by Crippen LogP contribution is -2.58. The zero-order valence-corrected chi connectivity index (χ0v) is 10.7. The van der Waals surface area contributed by atoms with Crippen molar-refractivity contribution >= 4 is 12.0 Å². The number of urea groups is 1. The summed E-state index contributed by atoms with van der Waals surface area (Å²) in [6, 6.07) is -0.619. The average Bonchev–Trinajstić information content (AvgIpc) is 2.29. The van der Waals surface area contributed by atoms with Crippen LogP contribution in [0.1, 0.15) is 45.4 Å². The highest BCUT2D eigenvalue weighted by Crippen LogP contribution is 2.28. The Bertz CT molecular complexity index is 354. The summed E-state index contributed by atoms with van der Waals surface area (Å²) in [5.74, 6) is 1.49. The molecule has 3 N–H and O–H groups in total. The molecule has 0 spiro atoms. The van der Waals surface area contributed by atoms with Gasteiger partial charge in [0.25, 0.3) is 0 Å². The second-order valence-electron chi connectivity index (χ2n) is 4.86. The largest absolute Gasteiger partial charge is 0.480 e. The maximum Gasteiger partial charge on any atom is 0.329 e. The summed E-state index contributed by atoms with van der Waals surface area (Å²) in [5, 5.41) is 14.6. The van der Waals surface area contributed by atoms with Crippen molar-refractivity contribution in [1.29, 1.82) is 0 Å². The molecule has 2 amide bonds. The highest BCUT2D eigenvalue weighted by Gasteiger charge is 2.41. The first-order valence-electron chi connectivity index (χ1n) is 6.26. The van der Waals surface area contributed by atoms with Crippen molar-refractivity contribution < 1.29 is 14.7 Å². The molecule has 0 aromatic rings. The van der Waals surface area contributed by atoms with Gasteiger partial charge in [-0.2, -0.15) is 0 Å². The van der Waals surface area contributed by atoms with Gasteiger partial charge in [0.2, 0.25) is 0 Å². The molecule has 5 heteroatoms. The second-order valence-corrected chi connectivity index (χ2v) is 4.86. The summed E-state index contributed by atoms with van der Waals surface area (Å²) >= 11 is 0. The second kappa shape index (κ2) is 6.29. The molecular weight excluding hydrogens is 232 g/mol. The lowest BCUT2D eigenvalue weighted by molar-refractivity contribution is -0.145. The average molecular weight is 252 g/mol. The van der Waals surface area contributed by atoms with E-state index in [2.05, 4.69) is 16.6 Å². The van der Waals surface area contributed by atoms with Crippen LogP contribution >= 0.6 is 0 Å². The number of rotatable bonds is 4. The third-order valence-electron chi connectivity index (χ3n) is 3.27. The van der Waals surface area contributed by atoms with E-state index in [1.807, 2.05) is 0 Å². The number of hydrogen-bond donors (Lipinski definition) is 3. The molecule has 0 saturated heterocycles. The quantitative estimate of drug-likeness (QED) is 0.663. The molecule has 1 aliphatic carbocycles. The Kier molecular flexibility index (Phi) is 5.02. The van der Waals surface area contributed by atoms with Crippen molar-refractivity contribution in [2.75, 3.05) is 0 Å². The van der Waals surface area contributed by atoms with Gasteiger partial charge in [0.05, 0.1) is 0 Å². The lowest BCUT2D eigenvalue weighted by atomic mass is 9.82. The predicted octanol–water partition coefficient (Wildman–Crippen LogP) is 1.48. The number of terminal acetylenes is 1. The van der Waals surface area contributed by atoms with Crippen LogP contribution in [-0.4, -0.2) is 28.7 Å². The van der Waals surface area contributed by atoms with E-state index in [0.717, 1.165) is 19.3 Å². The Labute approximate surface area is 107 Å². The normalized spacial score (nSPS) is 19.3. The first-order chi connectivity index (χ1) is 8.50. The summed E-state index contributed by atoms with van der Waals surface area (Å²) in [5.41, 5.74) is -1.11. The molecule has 0 heterocycles. The molecule has 5 nitrogen and oxygen atoms in total. The summed E-state index contributed by atoms with van der Waals surface area (Å²) < 4.78 is 0. The van der Waals surface area contributed by atoms with Gasteiger partial charge in [-0.15, -0.1) is 12.3 Å². The molecule has 1 fully saturated rings. The lowest BCUT2D eigenvalue weighted by Gasteiger charge is -2.34. The van der Waals surface area contributed by atoms with E-state index < -0.39 is 17.5 Å². The minimum Gasteiger partial charge on any atom is -0.480 e. The van der Waals surface area contributed by atoms with Crippen molar-refractivity contribution in [1.82, 2.24) is 10.6 Å². The Morgan fingerprint density at radius 1 is 1.39 bits per heavy atom. The standard InChI is InChI=1S/C13H20N2O3/c1-3-7-10(2)14-12(18)15-13(11(16)17)8-5-4-6-9-13/h1,10H,4-9H2,2H3,(H,16,17)(H2,14,15,18). The van der Waals surface area contributed by atoms with Gasteiger partial charge in [-0.05, 0) is 19.8 Å². The maximum atomic E-state index is 11.8. The van der Waals surface area contributed by atoms with Gasteiger partial charge in [-0.25, -0.2) is 9.59 Å². The number of carbonyl (C=O) groups excluding carboxylic acids is 1. The molecule has 0 aromatic carbocycles. The van der Waals surface area contributed by atoms with Crippen LogP contribution in [0.4, 0.5) is 4.79 Å². The van der Waals surface area contributed by atoms with Gasteiger partial charge in [0.15, 0.2) is 0 Å². The molecule has 1 unspecified atom stereocenters. The first-order valence-corrected chi connectivity index (χ1v) is 6.26. The SMILES string of the molecule is C#CCC(C)NC(=O)NC1(C(=O)O)CCCCC1. The highest BCUT2D eigenvalue weighted by molar-refractivity contribution is 5.86. The van der Waals surface area contributed by atoms with Gasteiger partial charge in [0, 0.05) is 12.5 Å². The van der Waals surface area contributed by atoms with Crippen molar-refractivity contribution in [3.8, 4) is 12.3 Å². The molecule has 100 valence electrons. The van der Waals surface area contributed by atoms with Crippen LogP contribution < -0.4 is 10.6 Å². The van der Waals surface area contributed by atoms with Gasteiger partial charge in [-0.3, -0.25) is 0 Å². The number of nitrogens with one attached hydrogen (secondary N) is 2. The van der Waals surface area contributed by atoms with Gasteiger partial charge in [0.1, 0.15) is 5.54 Å². The number of aliphatic carboxylic acids is 1. The highest BCUT2D eigenvalue weighted by atomic mass is 16.4. The summed E-state index contributed by atoms with van der Waals surface area (Å²) in [6.07, 6.45) is 9.21. The Morgan fingerprint density at radius 2 is 2.00 bits per heavy atom. The van der Waals surface area contributed by atoms with E-state index in [4.69, 9.17) is 6.42 Å². The molecule has 1 rings (SSSR count). The molecule has 0 radical (unpaired) electrons. The van der Waals surface area contributed by atoms with Gasteiger partial charge >= 0.3 is 12.0 Å². The van der Waals surface area contributed by atoms with Gasteiger partial charge < -0.3 is 15.7 Å². The number of hydrogen-bond acceptors (Lipinski definition) is 2. The summed E-state index contributed by atoms with van der Waals surface area (Å²) in [4.78, 5) is 23.1. The Morgan fingerprint density at radius 3 is 2.50 bits per heavy atom. The third-order valence-corrected chi connectivity index (χ3v) is 3.27. The summed E-state index contributed by atoms with van der Waals surface area (Å²) in [6.45, 7) is 1.79. The van der Waals surface area contributed by atoms with Crippen LogP contribution in [0.3, 0.4) is 0 Å². The first kappa shape index (κ1) is 14.4. The van der Waals surface area contributed by atoms with E-state index in [0.29, 0.717) is 19.3 Å². The van der Waals surface area contributed by atoms with Crippen LogP contribution in [0.5, 0.6) is 0 Å². The maximum absolute atomic E-state index is 11.8. The zero-order chi connectivity index (χ0) is 13.6. The van der Waals surface area contributed by atoms with E-state index in [1.54, 1.807) is 6.92 Å². The molecule has 18 heavy (non-hydrogen) atoms. The van der Waals surface area contributed by atoms with Crippen LogP contribution in [0.15, 0.2) is 0 Å². The number of amides is 2. The van der Waals surface area contributed by atoms with E-state index in [9.17, 15) is 14.7 Å². The van der Waals surface area contributed by atoms with E-state index in [1.165, 1.54) is 0 Å². The number of carbonyl (C=O) groups is 2. The van der Waals surface area contributed by atoms with Crippen molar-refractivity contribution in [3.05, 3.63) is 0 Å². The molecular formula is C13H20N2O3. The minimum absolute atomic E-state index is 0.163.